The normalized spacial score (nSPS) is 15.2. The van der Waals surface area contributed by atoms with Crippen LogP contribution < -0.4 is 15.0 Å². The van der Waals surface area contributed by atoms with Crippen molar-refractivity contribution < 1.29 is 33.4 Å². The molecular weight excluding hydrogens is 440 g/mol. The molecule has 0 radical (unpaired) electrons. The number of hydrogen-bond acceptors (Lipinski definition) is 7. The van der Waals surface area contributed by atoms with E-state index < -0.39 is 30.4 Å². The van der Waals surface area contributed by atoms with Crippen molar-refractivity contribution in [3.8, 4) is 5.75 Å². The Morgan fingerprint density at radius 1 is 1.09 bits per heavy atom. The average Bonchev–Trinajstić information content (AvgIpc) is 3.23. The van der Waals surface area contributed by atoms with Gasteiger partial charge in [0.05, 0.1) is 25.2 Å². The van der Waals surface area contributed by atoms with Crippen LogP contribution >= 0.6 is 0 Å². The maximum atomic E-state index is 12.4. The molecule has 180 valence electrons. The molecule has 1 aliphatic heterocycles. The molecule has 34 heavy (non-hydrogen) atoms. The minimum Gasteiger partial charge on any atom is -0.497 e. The van der Waals surface area contributed by atoms with Crippen LogP contribution in [-0.4, -0.2) is 50.6 Å². The second kappa shape index (κ2) is 11.3. The van der Waals surface area contributed by atoms with Crippen molar-refractivity contribution in [1.82, 2.24) is 0 Å². The summed E-state index contributed by atoms with van der Waals surface area (Å²) in [5.41, 5.74) is 1.45. The molecule has 1 saturated heterocycles. The maximum absolute atomic E-state index is 12.4. The average molecular weight is 469 g/mol. The number of rotatable bonds is 9. The summed E-state index contributed by atoms with van der Waals surface area (Å²) in [6.07, 6.45) is 0.00599. The topological polar surface area (TPSA) is 111 Å². The van der Waals surface area contributed by atoms with Crippen LogP contribution in [0.5, 0.6) is 5.75 Å². The fraction of sp³-hybridized carbons (Fsp3) is 0.360. The highest BCUT2D eigenvalue weighted by Gasteiger charge is 2.36. The Balaban J connectivity index is 1.47. The number of anilines is 2. The number of hydrogen-bond donors (Lipinski definition) is 1. The molecular formula is C25H28N2O7. The lowest BCUT2D eigenvalue weighted by Crippen LogP contribution is -2.28. The molecule has 0 bridgehead atoms. The zero-order chi connectivity index (χ0) is 24.7. The molecule has 9 nitrogen and oxygen atoms in total. The minimum absolute atomic E-state index is 0.00599. The number of benzene rings is 2. The van der Waals surface area contributed by atoms with Gasteiger partial charge < -0.3 is 24.4 Å². The van der Waals surface area contributed by atoms with Crippen LogP contribution in [0.1, 0.15) is 30.6 Å². The summed E-state index contributed by atoms with van der Waals surface area (Å²) >= 11 is 0. The number of carbonyl (C=O) groups is 4. The van der Waals surface area contributed by atoms with E-state index in [1.165, 1.54) is 12.0 Å². The Labute approximate surface area is 198 Å². The third-order valence-electron chi connectivity index (χ3n) is 5.12. The van der Waals surface area contributed by atoms with Crippen LogP contribution in [-0.2, 0) is 23.9 Å². The molecule has 2 aromatic rings. The van der Waals surface area contributed by atoms with Gasteiger partial charge in [-0.25, -0.2) is 4.79 Å². The fourth-order valence-corrected chi connectivity index (χ4v) is 3.36. The van der Waals surface area contributed by atoms with E-state index in [0.717, 1.165) is 0 Å². The van der Waals surface area contributed by atoms with Gasteiger partial charge in [-0.3, -0.25) is 14.4 Å². The highest BCUT2D eigenvalue weighted by molar-refractivity contribution is 6.00. The zero-order valence-corrected chi connectivity index (χ0v) is 19.4. The van der Waals surface area contributed by atoms with Gasteiger partial charge in [0.1, 0.15) is 5.75 Å². The molecule has 1 heterocycles. The first-order chi connectivity index (χ1) is 16.3. The molecule has 1 fully saturated rings. The van der Waals surface area contributed by atoms with Crippen molar-refractivity contribution in [1.29, 1.82) is 0 Å². The standard InChI is InChI=1S/C25H28N2O7/c1-16(2)14-33-24(30)17-7-9-19(10-8-17)26-22(28)15-34-25(31)18-11-23(29)27(13-18)20-5-4-6-21(12-20)32-3/h4-10,12,16,18H,11,13-15H2,1-3H3,(H,26,28)/t18-/m0/s1. The van der Waals surface area contributed by atoms with Crippen LogP contribution in [0.3, 0.4) is 0 Å². The van der Waals surface area contributed by atoms with Gasteiger partial charge in [0.15, 0.2) is 6.61 Å². The van der Waals surface area contributed by atoms with Crippen LogP contribution in [0.15, 0.2) is 48.5 Å². The van der Waals surface area contributed by atoms with E-state index in [-0.39, 0.29) is 24.8 Å². The third-order valence-corrected chi connectivity index (χ3v) is 5.12. The van der Waals surface area contributed by atoms with Crippen LogP contribution in [0.25, 0.3) is 0 Å². The van der Waals surface area contributed by atoms with Crippen molar-refractivity contribution in [3.05, 3.63) is 54.1 Å². The molecule has 2 amide bonds. The van der Waals surface area contributed by atoms with Gasteiger partial charge >= 0.3 is 11.9 Å². The first-order valence-electron chi connectivity index (χ1n) is 10.9. The summed E-state index contributed by atoms with van der Waals surface area (Å²) in [7, 11) is 1.53. The summed E-state index contributed by atoms with van der Waals surface area (Å²) in [4.78, 5) is 50.4. The maximum Gasteiger partial charge on any atom is 0.338 e. The van der Waals surface area contributed by atoms with Gasteiger partial charge in [0.25, 0.3) is 5.91 Å². The van der Waals surface area contributed by atoms with E-state index in [2.05, 4.69) is 5.32 Å². The van der Waals surface area contributed by atoms with Crippen molar-refractivity contribution >= 4 is 35.1 Å². The lowest BCUT2D eigenvalue weighted by atomic mass is 10.1. The SMILES string of the molecule is COc1cccc(N2C[C@@H](C(=O)OCC(=O)Nc3ccc(C(=O)OCC(C)C)cc3)CC2=O)c1. The fourth-order valence-electron chi connectivity index (χ4n) is 3.36. The molecule has 0 aliphatic carbocycles. The summed E-state index contributed by atoms with van der Waals surface area (Å²) in [5.74, 6) is -1.61. The van der Waals surface area contributed by atoms with Gasteiger partial charge in [0.2, 0.25) is 5.91 Å². The molecule has 1 aliphatic rings. The molecule has 2 aromatic carbocycles. The van der Waals surface area contributed by atoms with Crippen molar-refractivity contribution in [2.24, 2.45) is 11.8 Å². The number of methoxy groups -OCH3 is 1. The molecule has 0 saturated carbocycles. The summed E-state index contributed by atoms with van der Waals surface area (Å²) in [6, 6.07) is 13.2. The Hall–Kier alpha value is -3.88. The number of carbonyl (C=O) groups excluding carboxylic acids is 4. The van der Waals surface area contributed by atoms with E-state index in [1.54, 1.807) is 48.5 Å². The first kappa shape index (κ1) is 24.8. The first-order valence-corrected chi connectivity index (χ1v) is 10.9. The van der Waals surface area contributed by atoms with Crippen molar-refractivity contribution in [3.63, 3.8) is 0 Å². The Kier molecular flexibility index (Phi) is 8.24. The van der Waals surface area contributed by atoms with Crippen LogP contribution in [0.2, 0.25) is 0 Å². The van der Waals surface area contributed by atoms with Gasteiger partial charge in [-0.2, -0.15) is 0 Å². The van der Waals surface area contributed by atoms with E-state index in [4.69, 9.17) is 14.2 Å². The molecule has 1 N–H and O–H groups in total. The predicted molar refractivity (Wildman–Crippen MR) is 125 cm³/mol. The van der Waals surface area contributed by atoms with Crippen molar-refractivity contribution in [2.45, 2.75) is 20.3 Å². The smallest absolute Gasteiger partial charge is 0.338 e. The second-order valence-electron chi connectivity index (χ2n) is 8.33. The van der Waals surface area contributed by atoms with E-state index in [9.17, 15) is 19.2 Å². The van der Waals surface area contributed by atoms with Crippen LogP contribution in [0, 0.1) is 11.8 Å². The third kappa shape index (κ3) is 6.57. The summed E-state index contributed by atoms with van der Waals surface area (Å²) < 4.78 is 15.5. The van der Waals surface area contributed by atoms with E-state index in [0.29, 0.717) is 29.3 Å². The predicted octanol–water partition coefficient (Wildman–Crippen LogP) is 3.04. The van der Waals surface area contributed by atoms with Gasteiger partial charge in [-0.1, -0.05) is 19.9 Å². The number of ether oxygens (including phenoxy) is 3. The lowest BCUT2D eigenvalue weighted by Gasteiger charge is -2.17. The Bertz CT molecular complexity index is 1050. The lowest BCUT2D eigenvalue weighted by molar-refractivity contribution is -0.151. The number of amides is 2. The molecule has 1 atom stereocenters. The molecule has 3 rings (SSSR count). The second-order valence-corrected chi connectivity index (χ2v) is 8.33. The quantitative estimate of drug-likeness (QED) is 0.563. The molecule has 0 unspecified atom stereocenters. The van der Waals surface area contributed by atoms with Gasteiger partial charge in [-0.15, -0.1) is 0 Å². The van der Waals surface area contributed by atoms with Gasteiger partial charge in [0, 0.05) is 30.4 Å². The number of nitrogens with one attached hydrogen (secondary N) is 1. The summed E-state index contributed by atoms with van der Waals surface area (Å²) in [5, 5.41) is 2.60. The Morgan fingerprint density at radius 3 is 2.50 bits per heavy atom. The molecule has 0 spiro atoms. The summed E-state index contributed by atoms with van der Waals surface area (Å²) in [6.45, 7) is 3.90. The zero-order valence-electron chi connectivity index (χ0n) is 19.4. The molecule has 9 heteroatoms. The highest BCUT2D eigenvalue weighted by atomic mass is 16.5. The van der Waals surface area contributed by atoms with Gasteiger partial charge in [-0.05, 0) is 42.3 Å². The number of esters is 2. The van der Waals surface area contributed by atoms with E-state index in [1.807, 2.05) is 13.8 Å². The largest absolute Gasteiger partial charge is 0.497 e. The highest BCUT2D eigenvalue weighted by Crippen LogP contribution is 2.28. The minimum atomic E-state index is -0.664. The Morgan fingerprint density at radius 2 is 1.82 bits per heavy atom. The van der Waals surface area contributed by atoms with E-state index >= 15 is 0 Å². The molecule has 0 aromatic heterocycles. The van der Waals surface area contributed by atoms with Crippen LogP contribution in [0.4, 0.5) is 11.4 Å². The monoisotopic (exact) mass is 468 g/mol. The number of nitrogens with zero attached hydrogens (tertiary/aromatic N) is 1. The van der Waals surface area contributed by atoms with Crippen molar-refractivity contribution in [2.75, 3.05) is 37.1 Å².